The number of hydrogen-bond acceptors (Lipinski definition) is 2. The van der Waals surface area contributed by atoms with E-state index in [1.54, 1.807) is 0 Å². The van der Waals surface area contributed by atoms with Gasteiger partial charge >= 0.3 is 0 Å². The van der Waals surface area contributed by atoms with Gasteiger partial charge in [-0.25, -0.2) is 0 Å². The molecule has 4 nitrogen and oxygen atoms in total. The van der Waals surface area contributed by atoms with Gasteiger partial charge in [0.15, 0.2) is 0 Å². The summed E-state index contributed by atoms with van der Waals surface area (Å²) in [5.41, 5.74) is 11.0. The van der Waals surface area contributed by atoms with Crippen LogP contribution in [0.1, 0.15) is 0 Å². The number of nitrogens with zero attached hydrogens (tertiary/aromatic N) is 4. The fourth-order valence-corrected chi connectivity index (χ4v) is 6.93. The number of pyridine rings is 2. The number of aromatic nitrogens is 4. The van der Waals surface area contributed by atoms with Gasteiger partial charge in [0.2, 0.25) is 0 Å². The predicted octanol–water partition coefficient (Wildman–Crippen LogP) is 11.9. The molecule has 1 radical (unpaired) electrons. The van der Waals surface area contributed by atoms with Crippen LogP contribution in [0.2, 0.25) is 0 Å². The summed E-state index contributed by atoms with van der Waals surface area (Å²) in [5.74, 6) is 0. The van der Waals surface area contributed by atoms with Crippen molar-refractivity contribution in [2.75, 3.05) is 0 Å². The first-order valence-corrected chi connectivity index (χ1v) is 16.8. The molecular formula is C47H34IrN4-2. The average Bonchev–Trinajstić information content (AvgIpc) is 3.70. The van der Waals surface area contributed by atoms with Gasteiger partial charge in [-0.2, -0.15) is 0 Å². The van der Waals surface area contributed by atoms with Crippen molar-refractivity contribution < 1.29 is 20.1 Å². The van der Waals surface area contributed by atoms with Gasteiger partial charge < -0.3 is 21.5 Å². The number of fused-ring (bicyclic) bond motifs is 6. The van der Waals surface area contributed by atoms with Crippen LogP contribution in [0.5, 0.6) is 0 Å². The Morgan fingerprint density at radius 1 is 0.423 bits per heavy atom. The van der Waals surface area contributed by atoms with Gasteiger partial charge in [-0.1, -0.05) is 97.1 Å². The van der Waals surface area contributed by atoms with E-state index in [1.165, 1.54) is 32.6 Å². The molecule has 4 heterocycles. The first kappa shape index (κ1) is 34.3. The normalized spacial score (nSPS) is 10.8. The summed E-state index contributed by atoms with van der Waals surface area (Å²) in [7, 11) is 0. The Hall–Kier alpha value is -6.13. The molecule has 52 heavy (non-hydrogen) atoms. The summed E-state index contributed by atoms with van der Waals surface area (Å²) < 4.78 is 4.71. The largest absolute Gasteiger partial charge is 0.358 e. The second-order valence-corrected chi connectivity index (χ2v) is 12.2. The van der Waals surface area contributed by atoms with Gasteiger partial charge in [0.05, 0.1) is 27.8 Å². The van der Waals surface area contributed by atoms with E-state index in [0.717, 1.165) is 44.9 Å². The van der Waals surface area contributed by atoms with Crippen LogP contribution in [0, 0.1) is 13.5 Å². The van der Waals surface area contributed by atoms with Gasteiger partial charge in [-0.15, -0.1) is 35.9 Å². The Labute approximate surface area is 317 Å². The quantitative estimate of drug-likeness (QED) is 0.165. The van der Waals surface area contributed by atoms with Crippen molar-refractivity contribution >= 4 is 43.6 Å². The molecule has 0 amide bonds. The number of rotatable bonds is 4. The topological polar surface area (TPSA) is 35.6 Å². The summed E-state index contributed by atoms with van der Waals surface area (Å²) in [6.07, 6.45) is 3.81. The monoisotopic (exact) mass is 847 g/mol. The van der Waals surface area contributed by atoms with Crippen molar-refractivity contribution in [2.45, 2.75) is 0 Å². The van der Waals surface area contributed by atoms with E-state index >= 15 is 0 Å². The maximum atomic E-state index is 4.87. The van der Waals surface area contributed by atoms with E-state index in [0.29, 0.717) is 0 Å². The van der Waals surface area contributed by atoms with Crippen molar-refractivity contribution in [1.82, 2.24) is 19.1 Å². The Balaban J connectivity index is 0.000000257. The van der Waals surface area contributed by atoms with Crippen molar-refractivity contribution in [1.29, 1.82) is 0 Å². The minimum atomic E-state index is 0. The second kappa shape index (κ2) is 15.0. The molecule has 0 aliphatic heterocycles. The zero-order valence-corrected chi connectivity index (χ0v) is 30.9. The van der Waals surface area contributed by atoms with Crippen LogP contribution < -0.4 is 0 Å². The molecule has 0 saturated carbocycles. The van der Waals surface area contributed by atoms with Crippen LogP contribution in [-0.4, -0.2) is 19.1 Å². The van der Waals surface area contributed by atoms with Crippen LogP contribution in [0.15, 0.2) is 188 Å². The second-order valence-electron chi connectivity index (χ2n) is 12.2. The summed E-state index contributed by atoms with van der Waals surface area (Å²) in [4.78, 5) is 9.12. The van der Waals surface area contributed by atoms with Gasteiger partial charge in [-0.05, 0) is 60.3 Å². The van der Waals surface area contributed by atoms with E-state index in [9.17, 15) is 0 Å². The third-order valence-corrected chi connectivity index (χ3v) is 9.19. The predicted molar refractivity (Wildman–Crippen MR) is 213 cm³/mol. The van der Waals surface area contributed by atoms with Crippen LogP contribution in [0.4, 0.5) is 0 Å². The minimum Gasteiger partial charge on any atom is -0.358 e. The summed E-state index contributed by atoms with van der Waals surface area (Å²) >= 11 is 0. The maximum absolute atomic E-state index is 4.87. The third-order valence-electron chi connectivity index (χ3n) is 9.19. The molecule has 0 N–H and O–H groups in total. The number of para-hydroxylation sites is 3. The number of benzene rings is 6. The van der Waals surface area contributed by atoms with E-state index in [2.05, 4.69) is 142 Å². The van der Waals surface area contributed by atoms with Gasteiger partial charge in [0, 0.05) is 71.0 Å². The van der Waals surface area contributed by atoms with E-state index in [4.69, 9.17) is 4.98 Å². The fourth-order valence-electron chi connectivity index (χ4n) is 6.93. The van der Waals surface area contributed by atoms with Crippen LogP contribution >= 0.6 is 0 Å². The van der Waals surface area contributed by atoms with Crippen LogP contribution in [0.25, 0.3) is 77.5 Å². The molecule has 0 aliphatic rings. The molecular weight excluding hydrogens is 813 g/mol. The van der Waals surface area contributed by atoms with Crippen molar-refractivity contribution in [3.05, 3.63) is 202 Å². The Kier molecular flexibility index (Phi) is 9.90. The van der Waals surface area contributed by atoms with Crippen molar-refractivity contribution in [2.24, 2.45) is 0 Å². The van der Waals surface area contributed by atoms with Crippen LogP contribution in [-0.2, 0) is 20.1 Å². The van der Waals surface area contributed by atoms with E-state index in [1.807, 2.05) is 67.0 Å². The first-order chi connectivity index (χ1) is 24.8. The summed E-state index contributed by atoms with van der Waals surface area (Å²) in [6.45, 7) is 0. The van der Waals surface area contributed by atoms with Gasteiger partial charge in [0.25, 0.3) is 0 Å². The fraction of sp³-hybridized carbons (Fsp3) is 0. The molecule has 0 bridgehead atoms. The molecule has 0 atom stereocenters. The minimum absolute atomic E-state index is 0. The molecule has 0 unspecified atom stereocenters. The SMILES string of the molecule is [CH3-].[Ir].[c-]1ccccc1-c1cc2c3cc4c5ccccc5n(-c5ccccc5)c4cc3n(-c3ccccc3)c2cn1.c1ccc(-c2ccccn2)cc1. The van der Waals surface area contributed by atoms with Gasteiger partial charge in [0.1, 0.15) is 0 Å². The van der Waals surface area contributed by atoms with Crippen molar-refractivity contribution in [3.8, 4) is 33.9 Å². The molecule has 0 spiro atoms. The standard InChI is InChI=1S/C35H22N3.C11H9N.CH3.Ir/c1-4-12-24(13-5-1)31-21-30-29-20-28-27-18-10-11-19-32(27)37(25-14-6-2-7-15-25)33(28)22-34(29)38(35(30)23-36-31)26-16-8-3-9-17-26;1-2-6-10(7-3-1)11-8-4-5-9-12-11;;/h1-12,14-23H;1-9H;1H3;/q-1;;-1;. The smallest absolute Gasteiger partial charge is 0.0707 e. The molecule has 0 fully saturated rings. The Morgan fingerprint density at radius 3 is 1.65 bits per heavy atom. The molecule has 10 rings (SSSR count). The third kappa shape index (κ3) is 6.22. The molecule has 6 aromatic carbocycles. The summed E-state index contributed by atoms with van der Waals surface area (Å²) in [5, 5.41) is 4.89. The molecule has 0 saturated heterocycles. The Bertz CT molecular complexity index is 2690. The van der Waals surface area contributed by atoms with Crippen LogP contribution in [0.3, 0.4) is 0 Å². The maximum Gasteiger partial charge on any atom is 0.0707 e. The molecule has 5 heteroatoms. The van der Waals surface area contributed by atoms with Crippen molar-refractivity contribution in [3.63, 3.8) is 0 Å². The summed E-state index contributed by atoms with van der Waals surface area (Å²) in [6, 6.07) is 64.3. The zero-order valence-electron chi connectivity index (χ0n) is 28.5. The zero-order chi connectivity index (χ0) is 33.3. The first-order valence-electron chi connectivity index (χ1n) is 16.8. The molecule has 0 aliphatic carbocycles. The molecule has 253 valence electrons. The molecule has 4 aromatic heterocycles. The Morgan fingerprint density at radius 2 is 1.00 bits per heavy atom. The number of hydrogen-bond donors (Lipinski definition) is 0. The van der Waals surface area contributed by atoms with E-state index in [-0.39, 0.29) is 27.5 Å². The van der Waals surface area contributed by atoms with E-state index < -0.39 is 0 Å². The molecule has 10 aromatic rings. The average molecular weight is 847 g/mol. The van der Waals surface area contributed by atoms with Gasteiger partial charge in [-0.3, -0.25) is 4.98 Å².